The quantitative estimate of drug-likeness (QED) is 0.615. The molecule has 1 aliphatic carbocycles. The van der Waals surface area contributed by atoms with Crippen LogP contribution in [0.5, 0.6) is 0 Å². The molecule has 0 aliphatic heterocycles. The first-order valence-electron chi connectivity index (χ1n) is 10.2. The van der Waals surface area contributed by atoms with Crippen LogP contribution in [0.15, 0.2) is 48.5 Å². The van der Waals surface area contributed by atoms with Gasteiger partial charge in [0.15, 0.2) is 0 Å². The molecule has 2 atom stereocenters. The highest BCUT2D eigenvalue weighted by molar-refractivity contribution is 5.82. The molecule has 0 unspecified atom stereocenters. The summed E-state index contributed by atoms with van der Waals surface area (Å²) in [5.41, 5.74) is 3.60. The van der Waals surface area contributed by atoms with Gasteiger partial charge in [0, 0.05) is 5.92 Å². The molecule has 164 valence electrons. The third kappa shape index (κ3) is 4.87. The second kappa shape index (κ2) is 8.79. The number of carboxylic acid groups (broad SMARTS) is 2. The standard InChI is InChI=1S/C24H27NO6/c1-24(2,3)19(21(26)27)12-20(22(28)29)25-23(30)31-13-18-16-10-6-4-8-14(16)15-9-5-7-11-17(15)18/h4-11,18-20H,12-13H2,1-3H3,(H,25,30)(H,26,27)(H,28,29)/t19-,20-/m1/s1. The number of nitrogens with one attached hydrogen (secondary N) is 1. The number of carbonyl (C=O) groups excluding carboxylic acids is 1. The zero-order chi connectivity index (χ0) is 22.8. The lowest BCUT2D eigenvalue weighted by molar-refractivity contribution is -0.147. The van der Waals surface area contributed by atoms with E-state index in [9.17, 15) is 24.6 Å². The summed E-state index contributed by atoms with van der Waals surface area (Å²) in [7, 11) is 0. The summed E-state index contributed by atoms with van der Waals surface area (Å²) in [5.74, 6) is -3.50. The Kier molecular flexibility index (Phi) is 6.34. The fraction of sp³-hybridized carbons (Fsp3) is 0.375. The zero-order valence-corrected chi connectivity index (χ0v) is 17.8. The van der Waals surface area contributed by atoms with E-state index in [4.69, 9.17) is 4.74 Å². The minimum Gasteiger partial charge on any atom is -0.481 e. The normalized spacial score (nSPS) is 14.8. The summed E-state index contributed by atoms with van der Waals surface area (Å²) in [6, 6.07) is 14.4. The van der Waals surface area contributed by atoms with Crippen molar-refractivity contribution in [3.05, 3.63) is 59.7 Å². The van der Waals surface area contributed by atoms with Crippen molar-refractivity contribution in [1.29, 1.82) is 0 Å². The Bertz CT molecular complexity index is 948. The lowest BCUT2D eigenvalue weighted by atomic mass is 9.77. The maximum absolute atomic E-state index is 12.4. The van der Waals surface area contributed by atoms with Crippen molar-refractivity contribution >= 4 is 18.0 Å². The van der Waals surface area contributed by atoms with E-state index in [1.807, 2.05) is 48.5 Å². The van der Waals surface area contributed by atoms with E-state index < -0.39 is 35.4 Å². The number of amides is 1. The van der Waals surface area contributed by atoms with Crippen molar-refractivity contribution in [2.45, 2.75) is 39.2 Å². The Morgan fingerprint density at radius 1 is 0.935 bits per heavy atom. The Morgan fingerprint density at radius 2 is 1.45 bits per heavy atom. The fourth-order valence-electron chi connectivity index (χ4n) is 4.06. The molecule has 0 spiro atoms. The molecule has 3 N–H and O–H groups in total. The van der Waals surface area contributed by atoms with Crippen LogP contribution in [0.25, 0.3) is 11.1 Å². The summed E-state index contributed by atoms with van der Waals surface area (Å²) in [5, 5.41) is 21.3. The number of carboxylic acids is 2. The molecule has 2 aromatic rings. The topological polar surface area (TPSA) is 113 Å². The average Bonchev–Trinajstić information content (AvgIpc) is 3.02. The first kappa shape index (κ1) is 22.3. The van der Waals surface area contributed by atoms with Gasteiger partial charge in [-0.25, -0.2) is 9.59 Å². The van der Waals surface area contributed by atoms with Crippen LogP contribution in [0.4, 0.5) is 4.79 Å². The first-order chi connectivity index (χ1) is 14.6. The number of alkyl carbamates (subject to hydrolysis) is 1. The number of ether oxygens (including phenoxy) is 1. The predicted molar refractivity (Wildman–Crippen MR) is 115 cm³/mol. The van der Waals surface area contributed by atoms with Gasteiger partial charge in [-0.3, -0.25) is 4.79 Å². The number of carbonyl (C=O) groups is 3. The van der Waals surface area contributed by atoms with Gasteiger partial charge in [-0.15, -0.1) is 0 Å². The predicted octanol–water partition coefficient (Wildman–Crippen LogP) is 4.12. The van der Waals surface area contributed by atoms with Crippen molar-refractivity contribution in [2.24, 2.45) is 11.3 Å². The Balaban J connectivity index is 1.69. The number of aliphatic carboxylic acids is 2. The Hall–Kier alpha value is -3.35. The van der Waals surface area contributed by atoms with Crippen molar-refractivity contribution in [1.82, 2.24) is 5.32 Å². The van der Waals surface area contributed by atoms with Crippen LogP contribution >= 0.6 is 0 Å². The van der Waals surface area contributed by atoms with Crippen LogP contribution in [-0.2, 0) is 14.3 Å². The van der Waals surface area contributed by atoms with E-state index in [2.05, 4.69) is 5.32 Å². The van der Waals surface area contributed by atoms with Gasteiger partial charge < -0.3 is 20.3 Å². The molecule has 0 bridgehead atoms. The van der Waals surface area contributed by atoms with Crippen LogP contribution in [0.1, 0.15) is 44.2 Å². The summed E-state index contributed by atoms with van der Waals surface area (Å²) < 4.78 is 5.39. The molecule has 31 heavy (non-hydrogen) atoms. The van der Waals surface area contributed by atoms with Gasteiger partial charge in [-0.1, -0.05) is 69.3 Å². The molecule has 3 rings (SSSR count). The third-order valence-electron chi connectivity index (χ3n) is 5.75. The number of rotatable bonds is 7. The second-order valence-electron chi connectivity index (χ2n) is 8.85. The Labute approximate surface area is 181 Å². The summed E-state index contributed by atoms with van der Waals surface area (Å²) >= 11 is 0. The SMILES string of the molecule is CC(C)(C)[C@H](C[C@@H](NC(=O)OCC1c2ccccc2-c2ccccc21)C(=O)O)C(=O)O. The molecule has 1 amide bonds. The Morgan fingerprint density at radius 3 is 1.90 bits per heavy atom. The van der Waals surface area contributed by atoms with E-state index in [0.717, 1.165) is 22.3 Å². The highest BCUT2D eigenvalue weighted by Crippen LogP contribution is 2.44. The van der Waals surface area contributed by atoms with Gasteiger partial charge in [0.1, 0.15) is 12.6 Å². The fourth-order valence-corrected chi connectivity index (χ4v) is 4.06. The molecule has 2 aromatic carbocycles. The van der Waals surface area contributed by atoms with Gasteiger partial charge >= 0.3 is 18.0 Å². The molecule has 0 saturated heterocycles. The lowest BCUT2D eigenvalue weighted by Gasteiger charge is -2.29. The van der Waals surface area contributed by atoms with Crippen LogP contribution in [0.3, 0.4) is 0 Å². The maximum Gasteiger partial charge on any atom is 0.407 e. The molecular formula is C24H27NO6. The molecule has 0 saturated carbocycles. The largest absolute Gasteiger partial charge is 0.481 e. The molecule has 7 heteroatoms. The number of benzene rings is 2. The minimum absolute atomic E-state index is 0.0494. The van der Waals surface area contributed by atoms with Crippen LogP contribution < -0.4 is 5.32 Å². The van der Waals surface area contributed by atoms with Crippen LogP contribution in [0, 0.1) is 11.3 Å². The van der Waals surface area contributed by atoms with Crippen molar-refractivity contribution in [3.63, 3.8) is 0 Å². The van der Waals surface area contributed by atoms with E-state index in [1.165, 1.54) is 0 Å². The highest BCUT2D eigenvalue weighted by Gasteiger charge is 2.36. The molecule has 0 fully saturated rings. The van der Waals surface area contributed by atoms with Gasteiger partial charge in [-0.05, 0) is 34.1 Å². The van der Waals surface area contributed by atoms with Gasteiger partial charge in [0.25, 0.3) is 0 Å². The monoisotopic (exact) mass is 425 g/mol. The van der Waals surface area contributed by atoms with Crippen molar-refractivity contribution < 1.29 is 29.3 Å². The third-order valence-corrected chi connectivity index (χ3v) is 5.75. The van der Waals surface area contributed by atoms with Gasteiger partial charge in [0.2, 0.25) is 0 Å². The van der Waals surface area contributed by atoms with Crippen molar-refractivity contribution in [2.75, 3.05) is 6.61 Å². The average molecular weight is 425 g/mol. The molecule has 1 aliphatic rings. The number of fused-ring (bicyclic) bond motifs is 3. The molecule has 7 nitrogen and oxygen atoms in total. The first-order valence-corrected chi connectivity index (χ1v) is 10.2. The van der Waals surface area contributed by atoms with E-state index in [-0.39, 0.29) is 18.9 Å². The highest BCUT2D eigenvalue weighted by atomic mass is 16.5. The van der Waals surface area contributed by atoms with E-state index in [1.54, 1.807) is 20.8 Å². The van der Waals surface area contributed by atoms with E-state index in [0.29, 0.717) is 0 Å². The van der Waals surface area contributed by atoms with Crippen molar-refractivity contribution in [3.8, 4) is 11.1 Å². The summed E-state index contributed by atoms with van der Waals surface area (Å²) in [4.78, 5) is 35.6. The minimum atomic E-state index is -1.36. The summed E-state index contributed by atoms with van der Waals surface area (Å²) in [6.45, 7) is 5.21. The van der Waals surface area contributed by atoms with Gasteiger partial charge in [0.05, 0.1) is 5.92 Å². The number of hydrogen-bond acceptors (Lipinski definition) is 4. The molecule has 0 aromatic heterocycles. The smallest absolute Gasteiger partial charge is 0.407 e. The zero-order valence-electron chi connectivity index (χ0n) is 17.8. The van der Waals surface area contributed by atoms with E-state index >= 15 is 0 Å². The molecular weight excluding hydrogens is 398 g/mol. The molecule has 0 heterocycles. The summed E-state index contributed by atoms with van der Waals surface area (Å²) in [6.07, 6.45) is -1.12. The van der Waals surface area contributed by atoms with Crippen LogP contribution in [0.2, 0.25) is 0 Å². The second-order valence-corrected chi connectivity index (χ2v) is 8.85. The van der Waals surface area contributed by atoms with Gasteiger partial charge in [-0.2, -0.15) is 0 Å². The van der Waals surface area contributed by atoms with Crippen LogP contribution in [-0.4, -0.2) is 40.9 Å². The maximum atomic E-state index is 12.4. The number of hydrogen-bond donors (Lipinski definition) is 3. The lowest BCUT2D eigenvalue weighted by Crippen LogP contribution is -2.45. The molecule has 0 radical (unpaired) electrons.